The Labute approximate surface area is 133 Å². The van der Waals surface area contributed by atoms with Gasteiger partial charge < -0.3 is 4.90 Å². The van der Waals surface area contributed by atoms with E-state index in [2.05, 4.69) is 9.71 Å². The Kier molecular flexibility index (Phi) is 3.90. The number of nitro groups is 1. The second kappa shape index (κ2) is 5.74. The molecule has 122 valence electrons. The third-order valence-electron chi connectivity index (χ3n) is 3.76. The van der Waals surface area contributed by atoms with Gasteiger partial charge in [-0.3, -0.25) is 10.1 Å². The number of sulfonamides is 1. The van der Waals surface area contributed by atoms with Crippen LogP contribution in [0.5, 0.6) is 0 Å². The van der Waals surface area contributed by atoms with E-state index in [1.54, 1.807) is 18.2 Å². The number of nitrogens with one attached hydrogen (secondary N) is 1. The topological polar surface area (TPSA) is 105 Å². The summed E-state index contributed by atoms with van der Waals surface area (Å²) in [6, 6.07) is 8.01. The standard InChI is InChI=1S/C14H16N4O4S/c1-23(21,22)16-11-6-7-17(9-11)14-5-2-10-8-12(18(19)20)3-4-13(10)15-14/h2-5,8,11,16H,6-7,9H2,1H3. The normalized spacial score (nSPS) is 18.5. The number of fused-ring (bicyclic) bond motifs is 1. The fourth-order valence-electron chi connectivity index (χ4n) is 2.76. The van der Waals surface area contributed by atoms with Crippen LogP contribution in [0.15, 0.2) is 30.3 Å². The maximum atomic E-state index is 11.3. The highest BCUT2D eigenvalue weighted by atomic mass is 32.2. The molecule has 0 saturated carbocycles. The van der Waals surface area contributed by atoms with Crippen molar-refractivity contribution in [1.82, 2.24) is 9.71 Å². The summed E-state index contributed by atoms with van der Waals surface area (Å²) in [5.41, 5.74) is 0.707. The Morgan fingerprint density at radius 2 is 2.13 bits per heavy atom. The summed E-state index contributed by atoms with van der Waals surface area (Å²) in [7, 11) is -3.22. The molecule has 8 nitrogen and oxygen atoms in total. The lowest BCUT2D eigenvalue weighted by Crippen LogP contribution is -2.36. The van der Waals surface area contributed by atoms with Crippen LogP contribution in [-0.2, 0) is 10.0 Å². The summed E-state index contributed by atoms with van der Waals surface area (Å²) in [6.45, 7) is 1.26. The smallest absolute Gasteiger partial charge is 0.270 e. The molecule has 1 unspecified atom stereocenters. The molecule has 1 aromatic heterocycles. The van der Waals surface area contributed by atoms with Crippen LogP contribution in [0.25, 0.3) is 10.9 Å². The van der Waals surface area contributed by atoms with Crippen molar-refractivity contribution in [2.45, 2.75) is 12.5 Å². The zero-order valence-corrected chi connectivity index (χ0v) is 13.3. The van der Waals surface area contributed by atoms with Gasteiger partial charge in [0, 0.05) is 36.7 Å². The molecule has 1 aliphatic rings. The highest BCUT2D eigenvalue weighted by Gasteiger charge is 2.25. The van der Waals surface area contributed by atoms with Crippen molar-refractivity contribution < 1.29 is 13.3 Å². The molecule has 0 bridgehead atoms. The van der Waals surface area contributed by atoms with Crippen molar-refractivity contribution in [3.05, 3.63) is 40.4 Å². The predicted octanol–water partition coefficient (Wildman–Crippen LogP) is 1.27. The van der Waals surface area contributed by atoms with E-state index in [1.807, 2.05) is 4.90 Å². The number of non-ortho nitro benzene ring substituents is 1. The number of hydrogen-bond donors (Lipinski definition) is 1. The third-order valence-corrected chi connectivity index (χ3v) is 4.52. The molecule has 1 N–H and O–H groups in total. The summed E-state index contributed by atoms with van der Waals surface area (Å²) < 4.78 is 25.2. The van der Waals surface area contributed by atoms with Gasteiger partial charge in [0.2, 0.25) is 10.0 Å². The van der Waals surface area contributed by atoms with Crippen molar-refractivity contribution in [1.29, 1.82) is 0 Å². The van der Waals surface area contributed by atoms with Gasteiger partial charge in [0.1, 0.15) is 5.82 Å². The van der Waals surface area contributed by atoms with Gasteiger partial charge in [-0.2, -0.15) is 0 Å². The molecule has 0 radical (unpaired) electrons. The van der Waals surface area contributed by atoms with E-state index in [4.69, 9.17) is 0 Å². The number of pyridine rings is 1. The Hall–Kier alpha value is -2.26. The molecule has 1 saturated heterocycles. The Balaban J connectivity index is 1.81. The van der Waals surface area contributed by atoms with E-state index in [9.17, 15) is 18.5 Å². The molecular weight excluding hydrogens is 320 g/mol. The van der Waals surface area contributed by atoms with Crippen molar-refractivity contribution >= 4 is 32.4 Å². The van der Waals surface area contributed by atoms with E-state index >= 15 is 0 Å². The molecular formula is C14H16N4O4S. The lowest BCUT2D eigenvalue weighted by molar-refractivity contribution is -0.384. The first-order valence-corrected chi connectivity index (χ1v) is 8.98. The molecule has 9 heteroatoms. The van der Waals surface area contributed by atoms with Crippen molar-refractivity contribution in [2.75, 3.05) is 24.2 Å². The number of nitrogens with zero attached hydrogens (tertiary/aromatic N) is 3. The number of hydrogen-bond acceptors (Lipinski definition) is 6. The molecule has 1 aliphatic heterocycles. The summed E-state index contributed by atoms with van der Waals surface area (Å²) in [6.07, 6.45) is 1.86. The van der Waals surface area contributed by atoms with Crippen LogP contribution >= 0.6 is 0 Å². The fourth-order valence-corrected chi connectivity index (χ4v) is 3.56. The maximum absolute atomic E-state index is 11.3. The van der Waals surface area contributed by atoms with Crippen molar-refractivity contribution in [2.24, 2.45) is 0 Å². The highest BCUT2D eigenvalue weighted by molar-refractivity contribution is 7.88. The Morgan fingerprint density at radius 1 is 1.35 bits per heavy atom. The van der Waals surface area contributed by atoms with Gasteiger partial charge in [-0.15, -0.1) is 0 Å². The second-order valence-corrected chi connectivity index (χ2v) is 7.41. The van der Waals surface area contributed by atoms with Gasteiger partial charge in [-0.1, -0.05) is 0 Å². The van der Waals surface area contributed by atoms with Crippen LogP contribution in [0, 0.1) is 10.1 Å². The first-order chi connectivity index (χ1) is 10.8. The fraction of sp³-hybridized carbons (Fsp3) is 0.357. The number of nitro benzene ring substituents is 1. The average Bonchev–Trinajstić information content (AvgIpc) is 2.92. The minimum absolute atomic E-state index is 0.0330. The van der Waals surface area contributed by atoms with E-state index in [-0.39, 0.29) is 11.7 Å². The molecule has 1 fully saturated rings. The molecule has 0 spiro atoms. The second-order valence-electron chi connectivity index (χ2n) is 5.63. The van der Waals surface area contributed by atoms with Crippen LogP contribution in [0.3, 0.4) is 0 Å². The molecule has 0 amide bonds. The number of rotatable bonds is 4. The molecule has 2 aromatic rings. The molecule has 23 heavy (non-hydrogen) atoms. The lowest BCUT2D eigenvalue weighted by atomic mass is 10.2. The Morgan fingerprint density at radius 3 is 2.83 bits per heavy atom. The zero-order chi connectivity index (χ0) is 16.6. The summed E-state index contributed by atoms with van der Waals surface area (Å²) in [4.78, 5) is 16.9. The van der Waals surface area contributed by atoms with Crippen LogP contribution < -0.4 is 9.62 Å². The minimum Gasteiger partial charge on any atom is -0.355 e. The third kappa shape index (κ3) is 3.57. The van der Waals surface area contributed by atoms with Gasteiger partial charge in [0.15, 0.2) is 0 Å². The van der Waals surface area contributed by atoms with Crippen LogP contribution in [0.4, 0.5) is 11.5 Å². The van der Waals surface area contributed by atoms with Crippen molar-refractivity contribution in [3.8, 4) is 0 Å². The summed E-state index contributed by atoms with van der Waals surface area (Å²) >= 11 is 0. The minimum atomic E-state index is -3.22. The number of benzene rings is 1. The number of anilines is 1. The summed E-state index contributed by atoms with van der Waals surface area (Å²) in [5.74, 6) is 0.740. The Bertz CT molecular complexity index is 868. The molecule has 1 atom stereocenters. The zero-order valence-electron chi connectivity index (χ0n) is 12.5. The average molecular weight is 336 g/mol. The van der Waals surface area contributed by atoms with Gasteiger partial charge in [0.25, 0.3) is 5.69 Å². The summed E-state index contributed by atoms with van der Waals surface area (Å²) in [5, 5.41) is 11.5. The first-order valence-electron chi connectivity index (χ1n) is 7.09. The van der Waals surface area contributed by atoms with Gasteiger partial charge >= 0.3 is 0 Å². The number of aromatic nitrogens is 1. The van der Waals surface area contributed by atoms with Crippen LogP contribution in [0.2, 0.25) is 0 Å². The van der Waals surface area contributed by atoms with E-state index in [0.717, 1.165) is 12.1 Å². The monoisotopic (exact) mass is 336 g/mol. The van der Waals surface area contributed by atoms with Gasteiger partial charge in [0.05, 0.1) is 16.7 Å². The maximum Gasteiger partial charge on any atom is 0.270 e. The lowest BCUT2D eigenvalue weighted by Gasteiger charge is -2.18. The first kappa shape index (κ1) is 15.6. The van der Waals surface area contributed by atoms with Gasteiger partial charge in [-0.25, -0.2) is 18.1 Å². The highest BCUT2D eigenvalue weighted by Crippen LogP contribution is 2.24. The largest absolute Gasteiger partial charge is 0.355 e. The molecule has 0 aliphatic carbocycles. The van der Waals surface area contributed by atoms with Crippen molar-refractivity contribution in [3.63, 3.8) is 0 Å². The van der Waals surface area contributed by atoms with Gasteiger partial charge in [-0.05, 0) is 24.6 Å². The predicted molar refractivity (Wildman–Crippen MR) is 87.0 cm³/mol. The quantitative estimate of drug-likeness (QED) is 0.666. The molecule has 2 heterocycles. The van der Waals surface area contributed by atoms with Crippen LogP contribution in [0.1, 0.15) is 6.42 Å². The molecule has 1 aromatic carbocycles. The van der Waals surface area contributed by atoms with E-state index < -0.39 is 14.9 Å². The molecule has 3 rings (SSSR count). The van der Waals surface area contributed by atoms with E-state index in [1.165, 1.54) is 12.1 Å². The SMILES string of the molecule is CS(=O)(=O)NC1CCN(c2ccc3cc([N+](=O)[O-])ccc3n2)C1. The van der Waals surface area contributed by atoms with E-state index in [0.29, 0.717) is 30.4 Å². The van der Waals surface area contributed by atoms with Crippen LogP contribution in [-0.4, -0.2) is 43.7 Å².